The predicted octanol–water partition coefficient (Wildman–Crippen LogP) is 2.62. The first-order valence-corrected chi connectivity index (χ1v) is 9.95. The number of hydrogen-bond acceptors (Lipinski definition) is 5. The molecule has 0 radical (unpaired) electrons. The number of nitrogens with zero attached hydrogens (tertiary/aromatic N) is 1. The highest BCUT2D eigenvalue weighted by atomic mass is 32.2. The molecule has 0 aliphatic rings. The molecule has 0 aliphatic carbocycles. The molecule has 0 unspecified atom stereocenters. The second-order valence-electron chi connectivity index (χ2n) is 5.37. The van der Waals surface area contributed by atoms with Crippen LogP contribution in [0, 0.1) is 6.92 Å². The van der Waals surface area contributed by atoms with Crippen molar-refractivity contribution in [2.45, 2.75) is 25.9 Å². The van der Waals surface area contributed by atoms with E-state index in [0.717, 1.165) is 17.0 Å². The fourth-order valence-electron chi connectivity index (χ4n) is 2.08. The number of thioether (sulfide) groups is 1. The summed E-state index contributed by atoms with van der Waals surface area (Å²) in [5.74, 6) is 0.380. The van der Waals surface area contributed by atoms with Gasteiger partial charge in [-0.05, 0) is 37.5 Å². The summed E-state index contributed by atoms with van der Waals surface area (Å²) in [4.78, 5) is 28.9. The van der Waals surface area contributed by atoms with Gasteiger partial charge in [0.25, 0.3) is 5.91 Å². The zero-order chi connectivity index (χ0) is 17.4. The third kappa shape index (κ3) is 5.65. The zero-order valence-corrected chi connectivity index (χ0v) is 15.4. The molecule has 1 heterocycles. The summed E-state index contributed by atoms with van der Waals surface area (Å²) >= 11 is 3.13. The van der Waals surface area contributed by atoms with E-state index in [1.807, 2.05) is 30.7 Å². The van der Waals surface area contributed by atoms with Gasteiger partial charge in [-0.15, -0.1) is 11.3 Å². The topological polar surface area (TPSA) is 71.1 Å². The van der Waals surface area contributed by atoms with Crippen molar-refractivity contribution in [3.8, 4) is 0 Å². The maximum atomic E-state index is 12.4. The Hall–Kier alpha value is -1.86. The number of hydrogen-bond donors (Lipinski definition) is 2. The number of carbonyl (C=O) groups is 2. The van der Waals surface area contributed by atoms with Crippen molar-refractivity contribution in [3.63, 3.8) is 0 Å². The lowest BCUT2D eigenvalue weighted by Gasteiger charge is -2.18. The number of rotatable bonds is 8. The normalized spacial score (nSPS) is 11.8. The molecule has 2 aromatic rings. The van der Waals surface area contributed by atoms with Crippen LogP contribution in [-0.4, -0.2) is 34.8 Å². The predicted molar refractivity (Wildman–Crippen MR) is 99.4 cm³/mol. The molecule has 0 bridgehead atoms. The summed E-state index contributed by atoms with van der Waals surface area (Å²) in [5.41, 5.74) is 4.20. The molecule has 1 aromatic carbocycles. The Morgan fingerprint density at radius 2 is 2.04 bits per heavy atom. The van der Waals surface area contributed by atoms with Crippen molar-refractivity contribution in [1.29, 1.82) is 0 Å². The molecule has 0 spiro atoms. The molecule has 2 N–H and O–H groups in total. The lowest BCUT2D eigenvalue weighted by molar-refractivity contribution is -0.123. The molecule has 0 aliphatic heterocycles. The molecular weight excluding hydrogens is 342 g/mol. The van der Waals surface area contributed by atoms with E-state index in [-0.39, 0.29) is 11.8 Å². The second kappa shape index (κ2) is 9.44. The van der Waals surface area contributed by atoms with Gasteiger partial charge >= 0.3 is 0 Å². The van der Waals surface area contributed by atoms with Crippen LogP contribution < -0.4 is 10.6 Å². The SMILES string of the molecule is CSCC[C@H](NC(=O)c1ccc(C)cc1)C(=O)NCc1cscn1. The van der Waals surface area contributed by atoms with Crippen molar-refractivity contribution in [1.82, 2.24) is 15.6 Å². The van der Waals surface area contributed by atoms with E-state index < -0.39 is 6.04 Å². The summed E-state index contributed by atoms with van der Waals surface area (Å²) in [6, 6.07) is 6.75. The zero-order valence-electron chi connectivity index (χ0n) is 13.7. The minimum atomic E-state index is -0.551. The number of benzene rings is 1. The molecule has 0 saturated carbocycles. The fraction of sp³-hybridized carbons (Fsp3) is 0.353. The maximum absolute atomic E-state index is 12.4. The molecular formula is C17H21N3O2S2. The van der Waals surface area contributed by atoms with E-state index in [1.165, 1.54) is 11.3 Å². The lowest BCUT2D eigenvalue weighted by atomic mass is 10.1. The van der Waals surface area contributed by atoms with Crippen molar-refractivity contribution in [2.24, 2.45) is 0 Å². The van der Waals surface area contributed by atoms with Crippen molar-refractivity contribution in [2.75, 3.05) is 12.0 Å². The largest absolute Gasteiger partial charge is 0.349 e. The number of aryl methyl sites for hydroxylation is 1. The second-order valence-corrected chi connectivity index (χ2v) is 7.08. The average molecular weight is 364 g/mol. The number of carbonyl (C=O) groups excluding carboxylic acids is 2. The Balaban J connectivity index is 1.96. The Morgan fingerprint density at radius 3 is 2.67 bits per heavy atom. The van der Waals surface area contributed by atoms with Gasteiger partial charge in [-0.25, -0.2) is 4.98 Å². The van der Waals surface area contributed by atoms with Crippen LogP contribution in [0.1, 0.15) is 28.0 Å². The fourth-order valence-corrected chi connectivity index (χ4v) is 3.11. The van der Waals surface area contributed by atoms with Gasteiger partial charge in [0.15, 0.2) is 0 Å². The molecule has 24 heavy (non-hydrogen) atoms. The molecule has 1 atom stereocenters. The smallest absolute Gasteiger partial charge is 0.251 e. The summed E-state index contributed by atoms with van der Waals surface area (Å²) in [6.45, 7) is 2.34. The molecule has 0 fully saturated rings. The van der Waals surface area contributed by atoms with Crippen LogP contribution in [0.25, 0.3) is 0 Å². The summed E-state index contributed by atoms with van der Waals surface area (Å²) in [5, 5.41) is 7.57. The van der Waals surface area contributed by atoms with Crippen LogP contribution in [0.2, 0.25) is 0 Å². The number of nitrogens with one attached hydrogen (secondary N) is 2. The summed E-state index contributed by atoms with van der Waals surface area (Å²) in [7, 11) is 0. The third-order valence-electron chi connectivity index (χ3n) is 3.47. The average Bonchev–Trinajstić information content (AvgIpc) is 3.10. The van der Waals surface area contributed by atoms with E-state index in [0.29, 0.717) is 18.5 Å². The van der Waals surface area contributed by atoms with E-state index in [4.69, 9.17) is 0 Å². The van der Waals surface area contributed by atoms with Crippen LogP contribution in [0.5, 0.6) is 0 Å². The van der Waals surface area contributed by atoms with Gasteiger partial charge < -0.3 is 10.6 Å². The van der Waals surface area contributed by atoms with Crippen molar-refractivity contribution in [3.05, 3.63) is 52.0 Å². The van der Waals surface area contributed by atoms with Crippen LogP contribution in [0.15, 0.2) is 35.2 Å². The minimum absolute atomic E-state index is 0.183. The molecule has 5 nitrogen and oxygen atoms in total. The van der Waals surface area contributed by atoms with E-state index in [2.05, 4.69) is 15.6 Å². The van der Waals surface area contributed by atoms with Crippen LogP contribution in [-0.2, 0) is 11.3 Å². The van der Waals surface area contributed by atoms with Crippen molar-refractivity contribution < 1.29 is 9.59 Å². The highest BCUT2D eigenvalue weighted by Gasteiger charge is 2.21. The van der Waals surface area contributed by atoms with Crippen LogP contribution in [0.3, 0.4) is 0 Å². The number of aromatic nitrogens is 1. The number of thiazole rings is 1. The third-order valence-corrected chi connectivity index (χ3v) is 4.75. The Labute approximate surface area is 150 Å². The maximum Gasteiger partial charge on any atom is 0.251 e. The molecule has 2 amide bonds. The van der Waals surface area contributed by atoms with Gasteiger partial charge in [-0.2, -0.15) is 11.8 Å². The van der Waals surface area contributed by atoms with Gasteiger partial charge in [0, 0.05) is 10.9 Å². The standard InChI is InChI=1S/C17H21N3O2S2/c1-12-3-5-13(6-4-12)16(21)20-15(7-8-23-2)17(22)18-9-14-10-24-11-19-14/h3-6,10-11,15H,7-9H2,1-2H3,(H,18,22)(H,20,21)/t15-/m0/s1. The van der Waals surface area contributed by atoms with Crippen LogP contribution in [0.4, 0.5) is 0 Å². The first-order valence-electron chi connectivity index (χ1n) is 7.61. The lowest BCUT2D eigenvalue weighted by Crippen LogP contribution is -2.46. The number of amides is 2. The summed E-state index contributed by atoms with van der Waals surface area (Å²) in [6.07, 6.45) is 2.56. The highest BCUT2D eigenvalue weighted by molar-refractivity contribution is 7.98. The van der Waals surface area contributed by atoms with Gasteiger partial charge in [-0.1, -0.05) is 17.7 Å². The van der Waals surface area contributed by atoms with Gasteiger partial charge in [0.05, 0.1) is 17.7 Å². The first kappa shape index (κ1) is 18.5. The molecule has 1 aromatic heterocycles. The molecule has 128 valence electrons. The van der Waals surface area contributed by atoms with Gasteiger partial charge in [0.1, 0.15) is 6.04 Å². The highest BCUT2D eigenvalue weighted by Crippen LogP contribution is 2.07. The Morgan fingerprint density at radius 1 is 1.29 bits per heavy atom. The van der Waals surface area contributed by atoms with Gasteiger partial charge in [0.2, 0.25) is 5.91 Å². The first-order chi connectivity index (χ1) is 11.6. The quantitative estimate of drug-likeness (QED) is 0.756. The van der Waals surface area contributed by atoms with Crippen molar-refractivity contribution >= 4 is 34.9 Å². The molecule has 0 saturated heterocycles. The van der Waals surface area contributed by atoms with Crippen LogP contribution >= 0.6 is 23.1 Å². The summed E-state index contributed by atoms with van der Waals surface area (Å²) < 4.78 is 0. The van der Waals surface area contributed by atoms with E-state index >= 15 is 0 Å². The molecule has 2 rings (SSSR count). The minimum Gasteiger partial charge on any atom is -0.349 e. The Bertz CT molecular complexity index is 657. The molecule has 7 heteroatoms. The Kier molecular flexibility index (Phi) is 7.27. The van der Waals surface area contributed by atoms with E-state index in [1.54, 1.807) is 29.4 Å². The van der Waals surface area contributed by atoms with Gasteiger partial charge in [-0.3, -0.25) is 9.59 Å². The monoisotopic (exact) mass is 363 g/mol. The van der Waals surface area contributed by atoms with E-state index in [9.17, 15) is 9.59 Å².